The van der Waals surface area contributed by atoms with Crippen LogP contribution in [0.15, 0.2) is 24.3 Å². The minimum Gasteiger partial charge on any atom is -0.251 e. The van der Waals surface area contributed by atoms with E-state index in [2.05, 4.69) is 4.89 Å². The van der Waals surface area contributed by atoms with E-state index in [-0.39, 0.29) is 0 Å². The molecule has 0 saturated carbocycles. The molecule has 0 atom stereocenters. The molecular weight excluding hydrogens is 188 g/mol. The van der Waals surface area contributed by atoms with E-state index >= 15 is 0 Å². The molecular formula is C10H13ClO2. The van der Waals surface area contributed by atoms with Gasteiger partial charge in [-0.2, -0.15) is 0 Å². The monoisotopic (exact) mass is 200 g/mol. The summed E-state index contributed by atoms with van der Waals surface area (Å²) in [6.07, 6.45) is 0.653. The summed E-state index contributed by atoms with van der Waals surface area (Å²) >= 11 is 5.74. The summed E-state index contributed by atoms with van der Waals surface area (Å²) in [6.45, 7) is 3.64. The van der Waals surface area contributed by atoms with Gasteiger partial charge in [-0.3, -0.25) is 5.26 Å². The lowest BCUT2D eigenvalue weighted by atomic mass is 9.99. The van der Waals surface area contributed by atoms with Crippen LogP contribution in [0.4, 0.5) is 0 Å². The Labute approximate surface area is 83.0 Å². The molecule has 1 N–H and O–H groups in total. The molecule has 0 spiro atoms. The van der Waals surface area contributed by atoms with Gasteiger partial charge < -0.3 is 0 Å². The summed E-state index contributed by atoms with van der Waals surface area (Å²) in [7, 11) is 0. The Hall–Kier alpha value is -0.570. The number of hydrogen-bond acceptors (Lipinski definition) is 2. The van der Waals surface area contributed by atoms with Crippen molar-refractivity contribution in [2.75, 3.05) is 0 Å². The normalized spacial score (nSPS) is 11.7. The zero-order valence-electron chi connectivity index (χ0n) is 7.75. The van der Waals surface area contributed by atoms with Crippen molar-refractivity contribution in [1.29, 1.82) is 0 Å². The molecule has 0 radical (unpaired) electrons. The Kier molecular flexibility index (Phi) is 3.31. The molecule has 0 unspecified atom stereocenters. The van der Waals surface area contributed by atoms with Gasteiger partial charge in [0.25, 0.3) is 0 Å². The highest BCUT2D eigenvalue weighted by Crippen LogP contribution is 2.17. The first-order valence-corrected chi connectivity index (χ1v) is 4.48. The highest BCUT2D eigenvalue weighted by atomic mass is 35.5. The highest BCUT2D eigenvalue weighted by molar-refractivity contribution is 6.30. The number of hydrogen-bond donors (Lipinski definition) is 1. The van der Waals surface area contributed by atoms with Crippen molar-refractivity contribution in [2.24, 2.45) is 0 Å². The van der Waals surface area contributed by atoms with Crippen LogP contribution < -0.4 is 0 Å². The Morgan fingerprint density at radius 3 is 2.31 bits per heavy atom. The summed E-state index contributed by atoms with van der Waals surface area (Å²) in [4.78, 5) is 4.34. The minimum atomic E-state index is -0.548. The molecule has 3 heteroatoms. The zero-order chi connectivity index (χ0) is 9.90. The maximum absolute atomic E-state index is 8.58. The van der Waals surface area contributed by atoms with E-state index in [4.69, 9.17) is 16.9 Å². The number of rotatable bonds is 3. The predicted molar refractivity (Wildman–Crippen MR) is 52.9 cm³/mol. The van der Waals surface area contributed by atoms with Crippen molar-refractivity contribution in [3.8, 4) is 0 Å². The molecule has 0 amide bonds. The predicted octanol–water partition coefficient (Wildman–Crippen LogP) is 3.15. The second-order valence-corrected chi connectivity index (χ2v) is 4.09. The summed E-state index contributed by atoms with van der Waals surface area (Å²) < 4.78 is 0. The largest absolute Gasteiger partial charge is 0.251 e. The van der Waals surface area contributed by atoms with Crippen molar-refractivity contribution < 1.29 is 10.1 Å². The zero-order valence-corrected chi connectivity index (χ0v) is 8.51. The van der Waals surface area contributed by atoms with E-state index in [9.17, 15) is 0 Å². The van der Waals surface area contributed by atoms with Crippen molar-refractivity contribution in [3.63, 3.8) is 0 Å². The molecule has 0 fully saturated rings. The molecule has 72 valence electrons. The van der Waals surface area contributed by atoms with Crippen molar-refractivity contribution in [3.05, 3.63) is 34.9 Å². The lowest BCUT2D eigenvalue weighted by molar-refractivity contribution is -0.312. The fourth-order valence-corrected chi connectivity index (χ4v) is 1.25. The second kappa shape index (κ2) is 4.09. The van der Waals surface area contributed by atoms with Gasteiger partial charge >= 0.3 is 0 Å². The van der Waals surface area contributed by atoms with Gasteiger partial charge in [0, 0.05) is 11.4 Å². The third-order valence-corrected chi connectivity index (χ3v) is 2.04. The Morgan fingerprint density at radius 1 is 1.31 bits per heavy atom. The minimum absolute atomic E-state index is 0.548. The summed E-state index contributed by atoms with van der Waals surface area (Å²) in [5, 5.41) is 9.30. The Morgan fingerprint density at radius 2 is 1.85 bits per heavy atom. The fourth-order valence-electron chi connectivity index (χ4n) is 1.13. The van der Waals surface area contributed by atoms with Crippen LogP contribution in [0.25, 0.3) is 0 Å². The van der Waals surface area contributed by atoms with Crippen LogP contribution in [0, 0.1) is 0 Å². The van der Waals surface area contributed by atoms with E-state index in [0.717, 1.165) is 5.56 Å². The van der Waals surface area contributed by atoms with E-state index in [0.29, 0.717) is 11.4 Å². The lowest BCUT2D eigenvalue weighted by Crippen LogP contribution is -2.25. The van der Waals surface area contributed by atoms with E-state index in [1.807, 2.05) is 38.1 Å². The van der Waals surface area contributed by atoms with Crippen LogP contribution in [-0.2, 0) is 11.3 Å². The summed E-state index contributed by atoms with van der Waals surface area (Å²) in [5.74, 6) is 0. The Balaban J connectivity index is 2.69. The molecule has 13 heavy (non-hydrogen) atoms. The van der Waals surface area contributed by atoms with E-state index < -0.39 is 5.60 Å². The molecule has 2 nitrogen and oxygen atoms in total. The van der Waals surface area contributed by atoms with Crippen molar-refractivity contribution in [2.45, 2.75) is 25.9 Å². The number of halogens is 1. The molecule has 0 aliphatic rings. The van der Waals surface area contributed by atoms with Crippen LogP contribution in [0.1, 0.15) is 19.4 Å². The maximum Gasteiger partial charge on any atom is 0.102 e. The van der Waals surface area contributed by atoms with Gasteiger partial charge in [-0.15, -0.1) is 0 Å². The quantitative estimate of drug-likeness (QED) is 0.600. The molecule has 1 aromatic rings. The lowest BCUT2D eigenvalue weighted by Gasteiger charge is -2.20. The van der Waals surface area contributed by atoms with Crippen molar-refractivity contribution >= 4 is 11.6 Å². The van der Waals surface area contributed by atoms with Crippen molar-refractivity contribution in [1.82, 2.24) is 0 Å². The molecule has 0 aromatic heterocycles. The summed E-state index contributed by atoms with van der Waals surface area (Å²) in [6, 6.07) is 7.49. The van der Waals surface area contributed by atoms with E-state index in [1.165, 1.54) is 0 Å². The van der Waals surface area contributed by atoms with Gasteiger partial charge in [-0.1, -0.05) is 23.7 Å². The SMILES string of the molecule is CC(C)(Cc1ccc(Cl)cc1)OO. The van der Waals surface area contributed by atoms with Gasteiger partial charge in [0.05, 0.1) is 0 Å². The topological polar surface area (TPSA) is 29.5 Å². The molecule has 0 aliphatic carbocycles. The second-order valence-electron chi connectivity index (χ2n) is 3.65. The Bertz CT molecular complexity index is 267. The molecule has 1 aromatic carbocycles. The fraction of sp³-hybridized carbons (Fsp3) is 0.400. The third kappa shape index (κ3) is 3.35. The van der Waals surface area contributed by atoms with Gasteiger partial charge in [-0.05, 0) is 31.5 Å². The van der Waals surface area contributed by atoms with E-state index in [1.54, 1.807) is 0 Å². The molecule has 0 aliphatic heterocycles. The summed E-state index contributed by atoms with van der Waals surface area (Å²) in [5.41, 5.74) is 0.539. The molecule has 0 bridgehead atoms. The van der Waals surface area contributed by atoms with Crippen LogP contribution in [0.3, 0.4) is 0 Å². The van der Waals surface area contributed by atoms with Gasteiger partial charge in [0.2, 0.25) is 0 Å². The molecule has 0 heterocycles. The first kappa shape index (κ1) is 10.5. The van der Waals surface area contributed by atoms with Crippen LogP contribution >= 0.6 is 11.6 Å². The first-order chi connectivity index (χ1) is 6.03. The smallest absolute Gasteiger partial charge is 0.102 e. The van der Waals surface area contributed by atoms with Gasteiger partial charge in [0.1, 0.15) is 5.60 Å². The van der Waals surface area contributed by atoms with Gasteiger partial charge in [0.15, 0.2) is 0 Å². The standard InChI is InChI=1S/C10H13ClO2/c1-10(2,13-12)7-8-3-5-9(11)6-4-8/h3-6,12H,7H2,1-2H3. The molecule has 1 rings (SSSR count). The number of benzene rings is 1. The molecule has 0 saturated heterocycles. The van der Waals surface area contributed by atoms with Crippen LogP contribution in [0.2, 0.25) is 5.02 Å². The average molecular weight is 201 g/mol. The van der Waals surface area contributed by atoms with Crippen LogP contribution in [0.5, 0.6) is 0 Å². The first-order valence-electron chi connectivity index (χ1n) is 4.10. The maximum atomic E-state index is 8.58. The van der Waals surface area contributed by atoms with Gasteiger partial charge in [-0.25, -0.2) is 4.89 Å². The van der Waals surface area contributed by atoms with Crippen LogP contribution in [-0.4, -0.2) is 10.9 Å². The average Bonchev–Trinajstić information content (AvgIpc) is 2.09. The third-order valence-electron chi connectivity index (χ3n) is 1.79. The highest BCUT2D eigenvalue weighted by Gasteiger charge is 2.18.